The number of ether oxygens (including phenoxy) is 2. The minimum Gasteiger partial charge on any atom is -0.472 e. The number of thioether (sulfide) groups is 1. The topological polar surface area (TPSA) is 51.9 Å². The minimum atomic E-state index is 0.0469. The number of furan rings is 1. The fourth-order valence-corrected chi connectivity index (χ4v) is 4.14. The first-order valence-electron chi connectivity index (χ1n) is 7.64. The molecule has 3 heterocycles. The second kappa shape index (κ2) is 6.20. The Kier molecular flexibility index (Phi) is 3.91. The second-order valence-electron chi connectivity index (χ2n) is 5.57. The molecule has 0 bridgehead atoms. The van der Waals surface area contributed by atoms with Gasteiger partial charge in [-0.3, -0.25) is 4.79 Å². The summed E-state index contributed by atoms with van der Waals surface area (Å²) in [5.41, 5.74) is 1.85. The molecule has 1 amide bonds. The van der Waals surface area contributed by atoms with Crippen molar-refractivity contribution in [2.75, 3.05) is 25.6 Å². The van der Waals surface area contributed by atoms with Gasteiger partial charge in [0, 0.05) is 24.1 Å². The van der Waals surface area contributed by atoms with Crippen LogP contribution in [0.25, 0.3) is 0 Å². The Morgan fingerprint density at radius 3 is 2.96 bits per heavy atom. The summed E-state index contributed by atoms with van der Waals surface area (Å²) in [6.45, 7) is 1.80. The monoisotopic (exact) mass is 331 g/mol. The molecule has 1 saturated heterocycles. The van der Waals surface area contributed by atoms with Crippen LogP contribution in [0.3, 0.4) is 0 Å². The van der Waals surface area contributed by atoms with Crippen LogP contribution in [-0.2, 0) is 0 Å². The van der Waals surface area contributed by atoms with Crippen LogP contribution >= 0.6 is 11.8 Å². The smallest absolute Gasteiger partial charge is 0.257 e. The van der Waals surface area contributed by atoms with Gasteiger partial charge in [0.2, 0.25) is 6.79 Å². The first-order chi connectivity index (χ1) is 11.3. The van der Waals surface area contributed by atoms with Crippen LogP contribution in [0.4, 0.5) is 0 Å². The van der Waals surface area contributed by atoms with Crippen molar-refractivity contribution in [2.45, 2.75) is 11.7 Å². The molecule has 4 rings (SSSR count). The Balaban J connectivity index is 1.46. The van der Waals surface area contributed by atoms with E-state index in [1.807, 2.05) is 22.7 Å². The average molecular weight is 331 g/mol. The third-order valence-electron chi connectivity index (χ3n) is 4.17. The predicted octanol–water partition coefficient (Wildman–Crippen LogP) is 3.33. The lowest BCUT2D eigenvalue weighted by atomic mass is 10.1. The lowest BCUT2D eigenvalue weighted by molar-refractivity contribution is 0.0766. The maximum Gasteiger partial charge on any atom is 0.257 e. The van der Waals surface area contributed by atoms with Crippen molar-refractivity contribution < 1.29 is 18.7 Å². The molecular formula is C17H17NO4S. The van der Waals surface area contributed by atoms with Gasteiger partial charge in [0.05, 0.1) is 11.8 Å². The normalized spacial score (nSPS) is 20.3. The maximum absolute atomic E-state index is 12.4. The summed E-state index contributed by atoms with van der Waals surface area (Å²) < 4.78 is 15.8. The molecule has 2 aliphatic heterocycles. The van der Waals surface area contributed by atoms with Gasteiger partial charge in [0.15, 0.2) is 11.5 Å². The van der Waals surface area contributed by atoms with Gasteiger partial charge in [-0.25, -0.2) is 0 Å². The molecule has 0 aliphatic carbocycles. The Morgan fingerprint density at radius 1 is 1.17 bits per heavy atom. The summed E-state index contributed by atoms with van der Waals surface area (Å²) >= 11 is 1.89. The number of carbonyl (C=O) groups excluding carboxylic acids is 1. The molecular weight excluding hydrogens is 314 g/mol. The van der Waals surface area contributed by atoms with Crippen molar-refractivity contribution in [3.05, 3.63) is 47.9 Å². The average Bonchev–Trinajstić information content (AvgIpc) is 3.20. The molecule has 0 radical (unpaired) electrons. The van der Waals surface area contributed by atoms with E-state index in [1.54, 1.807) is 6.07 Å². The Bertz CT molecular complexity index is 701. The minimum absolute atomic E-state index is 0.0469. The van der Waals surface area contributed by atoms with Crippen molar-refractivity contribution >= 4 is 17.7 Å². The highest BCUT2D eigenvalue weighted by molar-refractivity contribution is 7.99. The SMILES string of the molecule is O=C(c1ccoc1)N1CCSC(c2ccc3c(c2)OCO3)CC1. The molecule has 23 heavy (non-hydrogen) atoms. The molecule has 2 aromatic rings. The summed E-state index contributed by atoms with van der Waals surface area (Å²) in [6.07, 6.45) is 3.97. The first kappa shape index (κ1) is 14.5. The summed E-state index contributed by atoms with van der Waals surface area (Å²) in [5.74, 6) is 2.59. The molecule has 1 aromatic heterocycles. The van der Waals surface area contributed by atoms with E-state index in [-0.39, 0.29) is 5.91 Å². The molecule has 0 saturated carbocycles. The zero-order valence-corrected chi connectivity index (χ0v) is 13.4. The van der Waals surface area contributed by atoms with Crippen LogP contribution in [-0.4, -0.2) is 36.4 Å². The summed E-state index contributed by atoms with van der Waals surface area (Å²) in [6, 6.07) is 7.85. The number of rotatable bonds is 2. The highest BCUT2D eigenvalue weighted by atomic mass is 32.2. The zero-order valence-electron chi connectivity index (χ0n) is 12.6. The molecule has 1 aromatic carbocycles. The number of fused-ring (bicyclic) bond motifs is 1. The highest BCUT2D eigenvalue weighted by Crippen LogP contribution is 2.40. The van der Waals surface area contributed by atoms with Crippen molar-refractivity contribution in [2.24, 2.45) is 0 Å². The van der Waals surface area contributed by atoms with Crippen LogP contribution in [0.2, 0.25) is 0 Å². The fraction of sp³-hybridized carbons (Fsp3) is 0.353. The molecule has 0 N–H and O–H groups in total. The van der Waals surface area contributed by atoms with Gasteiger partial charge in [-0.05, 0) is 30.2 Å². The van der Waals surface area contributed by atoms with Gasteiger partial charge >= 0.3 is 0 Å². The number of amides is 1. The van der Waals surface area contributed by atoms with Gasteiger partial charge in [-0.15, -0.1) is 0 Å². The first-order valence-corrected chi connectivity index (χ1v) is 8.69. The van der Waals surface area contributed by atoms with E-state index in [0.717, 1.165) is 36.8 Å². The van der Waals surface area contributed by atoms with Crippen LogP contribution in [0, 0.1) is 0 Å². The second-order valence-corrected chi connectivity index (χ2v) is 6.88. The molecule has 120 valence electrons. The predicted molar refractivity (Wildman–Crippen MR) is 87.0 cm³/mol. The van der Waals surface area contributed by atoms with E-state index in [0.29, 0.717) is 17.6 Å². The Labute approximate surface area is 138 Å². The molecule has 1 fully saturated rings. The van der Waals surface area contributed by atoms with Gasteiger partial charge in [0.25, 0.3) is 5.91 Å². The van der Waals surface area contributed by atoms with Crippen molar-refractivity contribution in [1.82, 2.24) is 4.90 Å². The van der Waals surface area contributed by atoms with Crippen LogP contribution in [0.5, 0.6) is 11.5 Å². The maximum atomic E-state index is 12.4. The molecule has 2 aliphatic rings. The van der Waals surface area contributed by atoms with Crippen LogP contribution < -0.4 is 9.47 Å². The molecule has 1 atom stereocenters. The van der Waals surface area contributed by atoms with E-state index in [4.69, 9.17) is 13.9 Å². The van der Waals surface area contributed by atoms with Gasteiger partial charge in [-0.1, -0.05) is 6.07 Å². The van der Waals surface area contributed by atoms with Gasteiger partial charge < -0.3 is 18.8 Å². The molecule has 0 spiro atoms. The lowest BCUT2D eigenvalue weighted by Crippen LogP contribution is -2.32. The lowest BCUT2D eigenvalue weighted by Gasteiger charge is -2.19. The molecule has 5 nitrogen and oxygen atoms in total. The third kappa shape index (κ3) is 2.91. The quantitative estimate of drug-likeness (QED) is 0.845. The van der Waals surface area contributed by atoms with E-state index < -0.39 is 0 Å². The van der Waals surface area contributed by atoms with Gasteiger partial charge in [0.1, 0.15) is 6.26 Å². The number of hydrogen-bond acceptors (Lipinski definition) is 5. The molecule has 6 heteroatoms. The van der Waals surface area contributed by atoms with E-state index >= 15 is 0 Å². The Hall–Kier alpha value is -2.08. The van der Waals surface area contributed by atoms with Crippen molar-refractivity contribution in [1.29, 1.82) is 0 Å². The van der Waals surface area contributed by atoms with Crippen LogP contribution in [0.15, 0.2) is 41.2 Å². The standard InChI is InChI=1S/C17H17NO4S/c19-17(13-4-7-20-10-13)18-5-3-16(23-8-6-18)12-1-2-14-15(9-12)22-11-21-14/h1-2,4,7,9-10,16H,3,5-6,8,11H2. The highest BCUT2D eigenvalue weighted by Gasteiger charge is 2.24. The van der Waals surface area contributed by atoms with E-state index in [9.17, 15) is 4.79 Å². The van der Waals surface area contributed by atoms with Crippen molar-refractivity contribution in [3.63, 3.8) is 0 Å². The summed E-state index contributed by atoms with van der Waals surface area (Å²) in [4.78, 5) is 14.3. The van der Waals surface area contributed by atoms with E-state index in [2.05, 4.69) is 12.1 Å². The van der Waals surface area contributed by atoms with E-state index in [1.165, 1.54) is 18.1 Å². The fourth-order valence-electron chi connectivity index (χ4n) is 2.92. The Morgan fingerprint density at radius 2 is 2.09 bits per heavy atom. The number of nitrogens with zero attached hydrogens (tertiary/aromatic N) is 1. The van der Waals surface area contributed by atoms with Crippen molar-refractivity contribution in [3.8, 4) is 11.5 Å². The third-order valence-corrected chi connectivity index (χ3v) is 5.49. The summed E-state index contributed by atoms with van der Waals surface area (Å²) in [5, 5.41) is 0.367. The zero-order chi connectivity index (χ0) is 15.6. The molecule has 1 unspecified atom stereocenters. The van der Waals surface area contributed by atoms with Crippen LogP contribution in [0.1, 0.15) is 27.6 Å². The van der Waals surface area contributed by atoms with Gasteiger partial charge in [-0.2, -0.15) is 11.8 Å². The number of benzene rings is 1. The number of hydrogen-bond donors (Lipinski definition) is 0. The summed E-state index contributed by atoms with van der Waals surface area (Å²) in [7, 11) is 0. The largest absolute Gasteiger partial charge is 0.472 e. The number of carbonyl (C=O) groups is 1.